The molecule has 20 heavy (non-hydrogen) atoms. The molecular formula is C15H15N3OS. The predicted octanol–water partition coefficient (Wildman–Crippen LogP) is 2.63. The van der Waals surface area contributed by atoms with E-state index in [1.165, 1.54) is 0 Å². The molecule has 4 nitrogen and oxygen atoms in total. The molecule has 0 aliphatic rings. The maximum absolute atomic E-state index is 12.8. The Morgan fingerprint density at radius 1 is 1.25 bits per heavy atom. The molecule has 0 saturated carbocycles. The van der Waals surface area contributed by atoms with Gasteiger partial charge >= 0.3 is 0 Å². The molecule has 0 fully saturated rings. The lowest BCUT2D eigenvalue weighted by Crippen LogP contribution is -2.19. The smallest absolute Gasteiger partial charge is 0.180 e. The van der Waals surface area contributed by atoms with Gasteiger partial charge in [-0.15, -0.1) is 0 Å². The normalized spacial score (nSPS) is 14.3. The van der Waals surface area contributed by atoms with Gasteiger partial charge < -0.3 is 10.3 Å². The number of pyridine rings is 1. The van der Waals surface area contributed by atoms with Crippen LogP contribution in [-0.4, -0.2) is 13.5 Å². The van der Waals surface area contributed by atoms with E-state index in [4.69, 9.17) is 5.73 Å². The average molecular weight is 285 g/mol. The molecule has 2 heterocycles. The summed E-state index contributed by atoms with van der Waals surface area (Å²) in [5.41, 5.74) is 7.75. The van der Waals surface area contributed by atoms with Gasteiger partial charge in [0.2, 0.25) is 0 Å². The molecule has 0 amide bonds. The van der Waals surface area contributed by atoms with E-state index < -0.39 is 11.4 Å². The third-order valence-electron chi connectivity index (χ3n) is 3.16. The first-order valence-corrected chi connectivity index (χ1v) is 7.47. The summed E-state index contributed by atoms with van der Waals surface area (Å²) in [4.78, 5) is 4.86. The van der Waals surface area contributed by atoms with Crippen molar-refractivity contribution in [1.82, 2.24) is 8.96 Å². The zero-order valence-electron chi connectivity index (χ0n) is 11.1. The van der Waals surface area contributed by atoms with Gasteiger partial charge in [0.05, 0.1) is 5.69 Å². The molecule has 2 atom stereocenters. The van der Waals surface area contributed by atoms with E-state index in [0.717, 1.165) is 21.5 Å². The van der Waals surface area contributed by atoms with Crippen molar-refractivity contribution in [2.75, 3.05) is 0 Å². The molecule has 1 unspecified atom stereocenters. The van der Waals surface area contributed by atoms with Crippen molar-refractivity contribution >= 4 is 22.3 Å². The summed E-state index contributed by atoms with van der Waals surface area (Å²) in [5.74, 6) is 0. The van der Waals surface area contributed by atoms with Crippen LogP contribution in [0.4, 0.5) is 0 Å². The fraction of sp³-hybridized carbons (Fsp3) is 0.133. The van der Waals surface area contributed by atoms with Gasteiger partial charge in [0.25, 0.3) is 0 Å². The number of nitrogens with two attached hydrogens (primary N) is 1. The molecule has 0 radical (unpaired) electrons. The van der Waals surface area contributed by atoms with Gasteiger partial charge in [-0.25, -0.2) is 0 Å². The minimum Gasteiger partial charge on any atom is -0.587 e. The van der Waals surface area contributed by atoms with Gasteiger partial charge in [0.15, 0.2) is 4.90 Å². The summed E-state index contributed by atoms with van der Waals surface area (Å²) >= 11 is -1.31. The molecule has 102 valence electrons. The lowest BCUT2D eigenvalue weighted by molar-refractivity contribution is 0.583. The summed E-state index contributed by atoms with van der Waals surface area (Å²) in [6, 6.07) is 13.0. The number of benzene rings is 1. The molecular weight excluding hydrogens is 270 g/mol. The van der Waals surface area contributed by atoms with Crippen LogP contribution in [0.1, 0.15) is 18.7 Å². The summed E-state index contributed by atoms with van der Waals surface area (Å²) in [5, 5.41) is 0.948. The zero-order valence-corrected chi connectivity index (χ0v) is 11.9. The Labute approximate surface area is 120 Å². The second-order valence-corrected chi connectivity index (χ2v) is 5.98. The minimum atomic E-state index is -1.31. The standard InChI is InChI=1S/C15H15N3OS/c1-11(16)15-9-12-10-17-8-7-14(12)18(15)20(19)13-5-3-2-4-6-13/h2-11H,16H2,1H3/t11-,20?/m1/s1. The fourth-order valence-electron chi connectivity index (χ4n) is 2.20. The highest BCUT2D eigenvalue weighted by Gasteiger charge is 2.23. The van der Waals surface area contributed by atoms with Crippen LogP contribution in [0.25, 0.3) is 10.9 Å². The first kappa shape index (κ1) is 13.2. The van der Waals surface area contributed by atoms with Crippen LogP contribution in [0, 0.1) is 0 Å². The van der Waals surface area contributed by atoms with Crippen LogP contribution >= 0.6 is 0 Å². The van der Waals surface area contributed by atoms with Crippen molar-refractivity contribution in [3.05, 3.63) is 60.6 Å². The summed E-state index contributed by atoms with van der Waals surface area (Å²) < 4.78 is 14.6. The first-order chi connectivity index (χ1) is 9.68. The van der Waals surface area contributed by atoms with E-state index >= 15 is 0 Å². The maximum Gasteiger partial charge on any atom is 0.180 e. The van der Waals surface area contributed by atoms with Gasteiger partial charge in [-0.05, 0) is 31.2 Å². The van der Waals surface area contributed by atoms with Gasteiger partial charge in [-0.2, -0.15) is 3.97 Å². The second kappa shape index (κ2) is 5.28. The number of hydrogen-bond donors (Lipinski definition) is 1. The van der Waals surface area contributed by atoms with Crippen LogP contribution in [0.5, 0.6) is 0 Å². The third-order valence-corrected chi connectivity index (χ3v) is 4.58. The Morgan fingerprint density at radius 3 is 2.70 bits per heavy atom. The topological polar surface area (TPSA) is 66.9 Å². The molecule has 2 N–H and O–H groups in total. The van der Waals surface area contributed by atoms with Gasteiger partial charge in [-0.3, -0.25) is 4.98 Å². The molecule has 3 rings (SSSR count). The van der Waals surface area contributed by atoms with Crippen LogP contribution in [-0.2, 0) is 11.4 Å². The molecule has 5 heteroatoms. The lowest BCUT2D eigenvalue weighted by atomic mass is 10.2. The summed E-state index contributed by atoms with van der Waals surface area (Å²) in [6.45, 7) is 1.89. The SMILES string of the molecule is C[C@@H](N)c1cc2cnccc2n1[S+]([O-])c1ccccc1. The molecule has 3 aromatic rings. The second-order valence-electron chi connectivity index (χ2n) is 4.65. The van der Waals surface area contributed by atoms with Crippen molar-refractivity contribution in [2.24, 2.45) is 5.73 Å². The number of rotatable bonds is 3. The van der Waals surface area contributed by atoms with Crippen LogP contribution in [0.2, 0.25) is 0 Å². The molecule has 1 aromatic carbocycles. The number of hydrogen-bond acceptors (Lipinski definition) is 3. The van der Waals surface area contributed by atoms with Crippen LogP contribution < -0.4 is 5.73 Å². The van der Waals surface area contributed by atoms with Crippen LogP contribution in [0.15, 0.2) is 59.8 Å². The quantitative estimate of drug-likeness (QED) is 0.752. The molecule has 0 aliphatic heterocycles. The van der Waals surface area contributed by atoms with Crippen molar-refractivity contribution in [2.45, 2.75) is 17.9 Å². The van der Waals surface area contributed by atoms with E-state index in [9.17, 15) is 4.55 Å². The van der Waals surface area contributed by atoms with Crippen molar-refractivity contribution in [3.63, 3.8) is 0 Å². The van der Waals surface area contributed by atoms with Crippen molar-refractivity contribution in [3.8, 4) is 0 Å². The van der Waals surface area contributed by atoms with Crippen LogP contribution in [0.3, 0.4) is 0 Å². The first-order valence-electron chi connectivity index (χ1n) is 6.37. The number of aromatic nitrogens is 2. The lowest BCUT2D eigenvalue weighted by Gasteiger charge is -2.16. The Morgan fingerprint density at radius 2 is 2.00 bits per heavy atom. The van der Waals surface area contributed by atoms with E-state index in [-0.39, 0.29) is 6.04 Å². The van der Waals surface area contributed by atoms with Gasteiger partial charge in [0, 0.05) is 23.8 Å². The average Bonchev–Trinajstić information content (AvgIpc) is 2.87. The molecule has 0 aliphatic carbocycles. The van der Waals surface area contributed by atoms with Crippen molar-refractivity contribution < 1.29 is 4.55 Å². The predicted molar refractivity (Wildman–Crippen MR) is 80.6 cm³/mol. The van der Waals surface area contributed by atoms with E-state index in [1.54, 1.807) is 16.4 Å². The zero-order chi connectivity index (χ0) is 14.1. The van der Waals surface area contributed by atoms with E-state index in [2.05, 4.69) is 4.98 Å². The Kier molecular flexibility index (Phi) is 3.48. The highest BCUT2D eigenvalue weighted by atomic mass is 32.2. The minimum absolute atomic E-state index is 0.199. The highest BCUT2D eigenvalue weighted by molar-refractivity contribution is 7.90. The van der Waals surface area contributed by atoms with Gasteiger partial charge in [-0.1, -0.05) is 18.2 Å². The number of fused-ring (bicyclic) bond motifs is 1. The maximum atomic E-state index is 12.8. The highest BCUT2D eigenvalue weighted by Crippen LogP contribution is 2.27. The molecule has 0 bridgehead atoms. The molecule has 0 spiro atoms. The molecule has 2 aromatic heterocycles. The summed E-state index contributed by atoms with van der Waals surface area (Å²) in [7, 11) is 0. The molecule has 0 saturated heterocycles. The van der Waals surface area contributed by atoms with E-state index in [1.807, 2.05) is 49.4 Å². The summed E-state index contributed by atoms with van der Waals surface area (Å²) in [6.07, 6.45) is 3.46. The van der Waals surface area contributed by atoms with Crippen molar-refractivity contribution in [1.29, 1.82) is 0 Å². The monoisotopic (exact) mass is 285 g/mol. The Bertz CT molecular complexity index is 724. The fourth-order valence-corrected chi connectivity index (χ4v) is 3.55. The third kappa shape index (κ3) is 2.20. The van der Waals surface area contributed by atoms with E-state index in [0.29, 0.717) is 0 Å². The number of nitrogens with zero attached hydrogens (tertiary/aromatic N) is 2. The van der Waals surface area contributed by atoms with Gasteiger partial charge in [0.1, 0.15) is 16.9 Å². The largest absolute Gasteiger partial charge is 0.587 e. The Balaban J connectivity index is 2.21. The Hall–Kier alpha value is -1.82.